The van der Waals surface area contributed by atoms with E-state index < -0.39 is 0 Å². The highest BCUT2D eigenvalue weighted by atomic mass is 19.1. The van der Waals surface area contributed by atoms with E-state index in [-0.39, 0.29) is 5.82 Å². The van der Waals surface area contributed by atoms with E-state index in [1.807, 2.05) is 18.2 Å². The Hall–Kier alpha value is -4.15. The lowest BCUT2D eigenvalue weighted by atomic mass is 9.89. The maximum Gasteiger partial charge on any atom is 0.227 e. The molecular weight excluding hydrogens is 529 g/mol. The summed E-state index contributed by atoms with van der Waals surface area (Å²) in [5.74, 6) is 0.628. The molecule has 42 heavy (non-hydrogen) atoms. The molecule has 1 aliphatic heterocycles. The van der Waals surface area contributed by atoms with Crippen LogP contribution in [0.2, 0.25) is 0 Å². The molecule has 0 unspecified atom stereocenters. The molecule has 1 saturated heterocycles. The van der Waals surface area contributed by atoms with E-state index in [1.165, 1.54) is 32.1 Å². The van der Waals surface area contributed by atoms with E-state index >= 15 is 0 Å². The summed E-state index contributed by atoms with van der Waals surface area (Å²) in [4.78, 5) is 22.9. The topological polar surface area (TPSA) is 101 Å². The van der Waals surface area contributed by atoms with Gasteiger partial charge in [0.2, 0.25) is 5.95 Å². The molecule has 7 rings (SSSR count). The van der Waals surface area contributed by atoms with Gasteiger partial charge in [0.25, 0.3) is 0 Å². The molecule has 0 radical (unpaired) electrons. The summed E-state index contributed by atoms with van der Waals surface area (Å²) in [6, 6.07) is 12.7. The number of piperazine rings is 1. The Labute approximate surface area is 244 Å². The number of nitrogen functional groups attached to an aromatic ring is 1. The van der Waals surface area contributed by atoms with Crippen LogP contribution in [0.1, 0.15) is 37.3 Å². The van der Waals surface area contributed by atoms with Crippen LogP contribution in [0.25, 0.3) is 33.1 Å². The fourth-order valence-corrected chi connectivity index (χ4v) is 6.60. The molecule has 0 atom stereocenters. The fourth-order valence-electron chi connectivity index (χ4n) is 6.60. The van der Waals surface area contributed by atoms with E-state index in [2.05, 4.69) is 60.0 Å². The van der Waals surface area contributed by atoms with Gasteiger partial charge in [0, 0.05) is 61.9 Å². The first-order valence-electron chi connectivity index (χ1n) is 14.8. The molecule has 3 aromatic heterocycles. The van der Waals surface area contributed by atoms with Crippen molar-refractivity contribution in [3.05, 3.63) is 66.5 Å². The maximum atomic E-state index is 14.4. The number of likely N-dealkylation sites (N-methyl/N-ethyl adjacent to an activating group) is 1. The van der Waals surface area contributed by atoms with Crippen LogP contribution in [-0.2, 0) is 0 Å². The van der Waals surface area contributed by atoms with E-state index in [4.69, 9.17) is 10.7 Å². The van der Waals surface area contributed by atoms with E-state index in [9.17, 15) is 4.39 Å². The summed E-state index contributed by atoms with van der Waals surface area (Å²) in [5.41, 5.74) is 11.4. The van der Waals surface area contributed by atoms with Gasteiger partial charge in [0.1, 0.15) is 23.6 Å². The Balaban J connectivity index is 1.12. The minimum atomic E-state index is -0.283. The molecule has 4 heterocycles. The van der Waals surface area contributed by atoms with Gasteiger partial charge < -0.3 is 20.5 Å². The summed E-state index contributed by atoms with van der Waals surface area (Å²) < 4.78 is 16.7. The third-order valence-electron chi connectivity index (χ3n) is 9.10. The average Bonchev–Trinajstić information content (AvgIpc) is 3.41. The van der Waals surface area contributed by atoms with Gasteiger partial charge in [-0.2, -0.15) is 0 Å². The predicted molar refractivity (Wildman–Crippen MR) is 165 cm³/mol. The van der Waals surface area contributed by atoms with Gasteiger partial charge in [-0.1, -0.05) is 18.2 Å². The van der Waals surface area contributed by atoms with Crippen molar-refractivity contribution in [2.45, 2.75) is 44.7 Å². The number of hydrogen-bond acceptors (Lipinski definition) is 8. The van der Waals surface area contributed by atoms with Crippen molar-refractivity contribution in [2.75, 3.05) is 44.3 Å². The van der Waals surface area contributed by atoms with Crippen LogP contribution < -0.4 is 11.1 Å². The standard InChI is InChI=1S/C32H36FN9/c1-20-3-12-27-25(29(20)33)17-35-32(39-27)38-22-6-4-21(5-7-22)26-18-42(31-28(26)30(34)36-19-37-31)24-10-8-23(9-11-24)41-15-13-40(2)14-16-41/h3-7,12,17-19,23-24H,8-11,13-16H2,1-2H3,(H2,34,36,37)(H,35,38,39)/t23-,24-. The number of nitrogens with two attached hydrogens (primary N) is 1. The van der Waals surface area contributed by atoms with Crippen molar-refractivity contribution in [3.8, 4) is 11.1 Å². The number of rotatable bonds is 5. The third kappa shape index (κ3) is 4.94. The number of anilines is 3. The second kappa shape index (κ2) is 10.9. The number of fused-ring (bicyclic) bond motifs is 2. The maximum absolute atomic E-state index is 14.4. The van der Waals surface area contributed by atoms with Crippen LogP contribution in [0.4, 0.5) is 21.8 Å². The number of aryl methyl sites for hydroxylation is 1. The monoisotopic (exact) mass is 565 g/mol. The molecule has 0 spiro atoms. The molecule has 2 aliphatic rings. The summed E-state index contributed by atoms with van der Waals surface area (Å²) in [6.07, 6.45) is 9.96. The molecule has 216 valence electrons. The average molecular weight is 566 g/mol. The molecule has 0 amide bonds. The van der Waals surface area contributed by atoms with Gasteiger partial charge >= 0.3 is 0 Å². The van der Waals surface area contributed by atoms with Crippen molar-refractivity contribution in [2.24, 2.45) is 0 Å². The molecule has 5 aromatic rings. The molecule has 2 aromatic carbocycles. The fraction of sp³-hybridized carbons (Fsp3) is 0.375. The minimum Gasteiger partial charge on any atom is -0.383 e. The van der Waals surface area contributed by atoms with Crippen LogP contribution in [0.15, 0.2) is 55.1 Å². The Morgan fingerprint density at radius 2 is 1.64 bits per heavy atom. The number of benzene rings is 2. The van der Waals surface area contributed by atoms with Crippen molar-refractivity contribution in [1.82, 2.24) is 34.3 Å². The van der Waals surface area contributed by atoms with Gasteiger partial charge in [0.15, 0.2) is 0 Å². The summed E-state index contributed by atoms with van der Waals surface area (Å²) in [5, 5.41) is 4.56. The van der Waals surface area contributed by atoms with Gasteiger partial charge in [0.05, 0.1) is 16.3 Å². The smallest absolute Gasteiger partial charge is 0.227 e. The first kappa shape index (κ1) is 26.7. The Morgan fingerprint density at radius 3 is 2.40 bits per heavy atom. The summed E-state index contributed by atoms with van der Waals surface area (Å²) in [7, 11) is 2.21. The van der Waals surface area contributed by atoms with E-state index in [0.717, 1.165) is 53.8 Å². The third-order valence-corrected chi connectivity index (χ3v) is 9.10. The van der Waals surface area contributed by atoms with E-state index in [0.29, 0.717) is 40.3 Å². The highest BCUT2D eigenvalue weighted by Gasteiger charge is 2.30. The van der Waals surface area contributed by atoms with Crippen LogP contribution in [0.3, 0.4) is 0 Å². The minimum absolute atomic E-state index is 0.283. The Morgan fingerprint density at radius 1 is 0.905 bits per heavy atom. The molecule has 0 bridgehead atoms. The molecular formula is C32H36FN9. The first-order valence-corrected chi connectivity index (χ1v) is 14.8. The largest absolute Gasteiger partial charge is 0.383 e. The Kier molecular flexibility index (Phi) is 6.95. The van der Waals surface area contributed by atoms with Crippen LogP contribution >= 0.6 is 0 Å². The lowest BCUT2D eigenvalue weighted by Crippen LogP contribution is -2.49. The lowest BCUT2D eigenvalue weighted by molar-refractivity contribution is 0.0828. The van der Waals surface area contributed by atoms with Crippen molar-refractivity contribution in [3.63, 3.8) is 0 Å². The second-order valence-corrected chi connectivity index (χ2v) is 11.7. The lowest BCUT2D eigenvalue weighted by Gasteiger charge is -2.41. The zero-order valence-electron chi connectivity index (χ0n) is 24.1. The highest BCUT2D eigenvalue weighted by Crippen LogP contribution is 2.39. The normalized spacial score (nSPS) is 20.4. The van der Waals surface area contributed by atoms with Crippen molar-refractivity contribution in [1.29, 1.82) is 0 Å². The first-order chi connectivity index (χ1) is 20.4. The number of nitrogens with zero attached hydrogens (tertiary/aromatic N) is 7. The molecule has 2 fully saturated rings. The number of halogens is 1. The van der Waals surface area contributed by atoms with Crippen LogP contribution in [0, 0.1) is 12.7 Å². The number of hydrogen-bond donors (Lipinski definition) is 2. The van der Waals surface area contributed by atoms with E-state index in [1.54, 1.807) is 19.3 Å². The molecule has 1 aliphatic carbocycles. The second-order valence-electron chi connectivity index (χ2n) is 11.7. The molecule has 3 N–H and O–H groups in total. The van der Waals surface area contributed by atoms with Gasteiger partial charge in [-0.3, -0.25) is 4.90 Å². The van der Waals surface area contributed by atoms with Crippen molar-refractivity contribution < 1.29 is 4.39 Å². The SMILES string of the molecule is Cc1ccc2nc(Nc3ccc(-c4cn([C@H]5CC[C@H](N6CCN(C)CC6)CC5)c5ncnc(N)c45)cc3)ncc2c1F. The van der Waals surface area contributed by atoms with Gasteiger partial charge in [-0.05, 0) is 69.0 Å². The van der Waals surface area contributed by atoms with Crippen molar-refractivity contribution >= 4 is 39.4 Å². The quantitative estimate of drug-likeness (QED) is 0.286. The van der Waals surface area contributed by atoms with Crippen LogP contribution in [-0.4, -0.2) is 73.6 Å². The zero-order valence-corrected chi connectivity index (χ0v) is 24.1. The molecule has 9 nitrogen and oxygen atoms in total. The van der Waals surface area contributed by atoms with Gasteiger partial charge in [-0.25, -0.2) is 24.3 Å². The molecule has 1 saturated carbocycles. The summed E-state index contributed by atoms with van der Waals surface area (Å²) >= 11 is 0. The predicted octanol–water partition coefficient (Wildman–Crippen LogP) is 5.55. The number of aromatic nitrogens is 5. The molecule has 10 heteroatoms. The Bertz CT molecular complexity index is 1730. The van der Waals surface area contributed by atoms with Gasteiger partial charge in [-0.15, -0.1) is 0 Å². The number of nitrogens with one attached hydrogen (secondary N) is 1. The zero-order chi connectivity index (χ0) is 28.8. The van der Waals surface area contributed by atoms with Crippen LogP contribution in [0.5, 0.6) is 0 Å². The summed E-state index contributed by atoms with van der Waals surface area (Å²) in [6.45, 7) is 6.39. The highest BCUT2D eigenvalue weighted by molar-refractivity contribution is 6.00.